The lowest BCUT2D eigenvalue weighted by molar-refractivity contribution is 0.0464. The fraction of sp³-hybridized carbons (Fsp3) is 0.0909. The van der Waals surface area contributed by atoms with E-state index in [1.165, 1.54) is 42.7 Å². The van der Waals surface area contributed by atoms with E-state index in [2.05, 4.69) is 9.88 Å². The number of hydrogen-bond acceptors (Lipinski definition) is 8. The fourth-order valence-electron chi connectivity index (χ4n) is 2.80. The van der Waals surface area contributed by atoms with E-state index in [-0.39, 0.29) is 17.1 Å². The molecule has 0 bridgehead atoms. The minimum Gasteiger partial charge on any atom is -0.497 e. The van der Waals surface area contributed by atoms with Gasteiger partial charge in [-0.2, -0.15) is 0 Å². The molecule has 0 amide bonds. The molecule has 0 radical (unpaired) electrons. The molecule has 10 heteroatoms. The van der Waals surface area contributed by atoms with Crippen LogP contribution in [0.4, 0.5) is 5.69 Å². The van der Waals surface area contributed by atoms with Crippen LogP contribution in [0.5, 0.6) is 5.75 Å². The van der Waals surface area contributed by atoms with Gasteiger partial charge in [0, 0.05) is 11.8 Å². The van der Waals surface area contributed by atoms with Gasteiger partial charge in [-0.05, 0) is 53.9 Å². The van der Waals surface area contributed by atoms with Crippen molar-refractivity contribution in [3.05, 3.63) is 83.4 Å². The monoisotopic (exact) mass is 470 g/mol. The Labute approximate surface area is 188 Å². The number of aromatic nitrogens is 1. The minimum atomic E-state index is -3.90. The molecule has 0 aliphatic rings. The zero-order chi connectivity index (χ0) is 22.6. The fourth-order valence-corrected chi connectivity index (χ4v) is 4.58. The highest BCUT2D eigenvalue weighted by atomic mass is 32.2. The molecular formula is C22H18N2O6S2. The van der Waals surface area contributed by atoms with Crippen molar-refractivity contribution in [1.29, 1.82) is 0 Å². The molecule has 32 heavy (non-hydrogen) atoms. The maximum absolute atomic E-state index is 12.7. The second-order valence-electron chi connectivity index (χ2n) is 6.60. The third kappa shape index (κ3) is 4.98. The van der Waals surface area contributed by atoms with Crippen LogP contribution in [-0.4, -0.2) is 26.7 Å². The Hall–Kier alpha value is -3.63. The van der Waals surface area contributed by atoms with Crippen LogP contribution in [0.3, 0.4) is 0 Å². The molecule has 0 fully saturated rings. The Balaban J connectivity index is 1.42. The highest BCUT2D eigenvalue weighted by Gasteiger charge is 2.18. The standard InChI is InChI=1S/C22H18N2O6S2/c1-28-18-9-7-16(8-10-18)24-32(26,27)19-5-2-4-15(12-19)22(25)29-14-17-13-20(30-23-17)21-6-3-11-31-21/h2-13,24H,14H2,1H3. The Morgan fingerprint density at radius 2 is 1.91 bits per heavy atom. The van der Waals surface area contributed by atoms with Crippen LogP contribution in [-0.2, 0) is 21.4 Å². The molecule has 2 aromatic heterocycles. The maximum atomic E-state index is 12.7. The lowest BCUT2D eigenvalue weighted by atomic mass is 10.2. The van der Waals surface area contributed by atoms with E-state index < -0.39 is 16.0 Å². The molecule has 0 unspecified atom stereocenters. The van der Waals surface area contributed by atoms with E-state index in [0.717, 1.165) is 4.88 Å². The van der Waals surface area contributed by atoms with E-state index in [9.17, 15) is 13.2 Å². The van der Waals surface area contributed by atoms with Crippen molar-refractivity contribution in [3.8, 4) is 16.4 Å². The predicted molar refractivity (Wildman–Crippen MR) is 119 cm³/mol. The van der Waals surface area contributed by atoms with Crippen LogP contribution in [0.25, 0.3) is 10.6 Å². The van der Waals surface area contributed by atoms with Gasteiger partial charge in [-0.1, -0.05) is 17.3 Å². The van der Waals surface area contributed by atoms with Crippen LogP contribution in [0, 0.1) is 0 Å². The summed E-state index contributed by atoms with van der Waals surface area (Å²) in [7, 11) is -2.38. The summed E-state index contributed by atoms with van der Waals surface area (Å²) >= 11 is 1.51. The van der Waals surface area contributed by atoms with E-state index in [1.54, 1.807) is 30.3 Å². The third-order valence-corrected chi connectivity index (χ3v) is 6.66. The molecular weight excluding hydrogens is 452 g/mol. The molecule has 0 saturated carbocycles. The van der Waals surface area contributed by atoms with Crippen molar-refractivity contribution in [2.75, 3.05) is 11.8 Å². The highest BCUT2D eigenvalue weighted by Crippen LogP contribution is 2.25. The van der Waals surface area contributed by atoms with Crippen LogP contribution in [0.1, 0.15) is 16.1 Å². The van der Waals surface area contributed by atoms with Gasteiger partial charge in [-0.25, -0.2) is 13.2 Å². The Morgan fingerprint density at radius 1 is 1.09 bits per heavy atom. The largest absolute Gasteiger partial charge is 0.497 e. The SMILES string of the molecule is COc1ccc(NS(=O)(=O)c2cccc(C(=O)OCc3cc(-c4cccs4)on3)c2)cc1. The summed E-state index contributed by atoms with van der Waals surface area (Å²) in [6.45, 7) is -0.102. The molecule has 164 valence electrons. The number of carbonyl (C=O) groups is 1. The predicted octanol–water partition coefficient (Wildman–Crippen LogP) is 4.57. The van der Waals surface area contributed by atoms with E-state index >= 15 is 0 Å². The zero-order valence-corrected chi connectivity index (χ0v) is 18.5. The molecule has 2 heterocycles. The van der Waals surface area contributed by atoms with Gasteiger partial charge < -0.3 is 14.0 Å². The molecule has 0 aliphatic heterocycles. The van der Waals surface area contributed by atoms with Gasteiger partial charge in [0.2, 0.25) is 0 Å². The highest BCUT2D eigenvalue weighted by molar-refractivity contribution is 7.92. The summed E-state index contributed by atoms with van der Waals surface area (Å²) < 4.78 is 43.5. The Kier molecular flexibility index (Phi) is 6.24. The number of nitrogens with one attached hydrogen (secondary N) is 1. The second-order valence-corrected chi connectivity index (χ2v) is 9.23. The molecule has 0 saturated heterocycles. The van der Waals surface area contributed by atoms with Gasteiger partial charge in [-0.3, -0.25) is 4.72 Å². The summed E-state index contributed by atoms with van der Waals surface area (Å²) in [5.74, 6) is 0.517. The number of benzene rings is 2. The number of esters is 1. The summed E-state index contributed by atoms with van der Waals surface area (Å²) in [5, 5.41) is 5.81. The first-order valence-corrected chi connectivity index (χ1v) is 11.7. The molecule has 2 aromatic carbocycles. The van der Waals surface area contributed by atoms with Crippen LogP contribution in [0.2, 0.25) is 0 Å². The van der Waals surface area contributed by atoms with Crippen molar-refractivity contribution in [2.24, 2.45) is 0 Å². The zero-order valence-electron chi connectivity index (χ0n) is 16.8. The van der Waals surface area contributed by atoms with Gasteiger partial charge in [0.1, 0.15) is 18.1 Å². The molecule has 0 atom stereocenters. The lowest BCUT2D eigenvalue weighted by Crippen LogP contribution is -2.14. The van der Waals surface area contributed by atoms with Crippen LogP contribution < -0.4 is 9.46 Å². The van der Waals surface area contributed by atoms with Crippen molar-refractivity contribution in [2.45, 2.75) is 11.5 Å². The van der Waals surface area contributed by atoms with Crippen molar-refractivity contribution in [3.63, 3.8) is 0 Å². The van der Waals surface area contributed by atoms with Crippen molar-refractivity contribution in [1.82, 2.24) is 5.16 Å². The summed E-state index contributed by atoms with van der Waals surface area (Å²) in [4.78, 5) is 13.3. The van der Waals surface area contributed by atoms with E-state index in [1.807, 2.05) is 17.5 Å². The number of anilines is 1. The average molecular weight is 471 g/mol. The van der Waals surface area contributed by atoms with Gasteiger partial charge in [0.25, 0.3) is 10.0 Å². The number of nitrogens with zero attached hydrogens (tertiary/aromatic N) is 1. The number of methoxy groups -OCH3 is 1. The number of rotatable bonds is 8. The average Bonchev–Trinajstić information content (AvgIpc) is 3.50. The first kappa shape index (κ1) is 21.6. The van der Waals surface area contributed by atoms with Crippen LogP contribution >= 0.6 is 11.3 Å². The Bertz CT molecular complexity index is 1310. The quantitative estimate of drug-likeness (QED) is 0.376. The molecule has 4 aromatic rings. The van der Waals surface area contributed by atoms with Crippen LogP contribution in [0.15, 0.2) is 81.5 Å². The van der Waals surface area contributed by atoms with Gasteiger partial charge in [0.15, 0.2) is 5.76 Å². The number of carbonyl (C=O) groups excluding carboxylic acids is 1. The van der Waals surface area contributed by atoms with Gasteiger partial charge in [-0.15, -0.1) is 11.3 Å². The van der Waals surface area contributed by atoms with E-state index in [0.29, 0.717) is 22.9 Å². The molecule has 4 rings (SSSR count). The molecule has 1 N–H and O–H groups in total. The normalized spacial score (nSPS) is 11.2. The maximum Gasteiger partial charge on any atom is 0.338 e. The number of thiophene rings is 1. The summed E-state index contributed by atoms with van der Waals surface area (Å²) in [6.07, 6.45) is 0. The summed E-state index contributed by atoms with van der Waals surface area (Å²) in [5.41, 5.74) is 0.919. The Morgan fingerprint density at radius 3 is 2.62 bits per heavy atom. The third-order valence-electron chi connectivity index (χ3n) is 4.40. The van der Waals surface area contributed by atoms with Gasteiger partial charge in [0.05, 0.1) is 22.4 Å². The summed E-state index contributed by atoms with van der Waals surface area (Å²) in [6, 6.07) is 17.5. The van der Waals surface area contributed by atoms with Crippen molar-refractivity contribution >= 4 is 33.0 Å². The van der Waals surface area contributed by atoms with Crippen molar-refractivity contribution < 1.29 is 27.2 Å². The second kappa shape index (κ2) is 9.25. The number of sulfonamides is 1. The molecule has 0 aliphatic carbocycles. The smallest absolute Gasteiger partial charge is 0.338 e. The number of hydrogen-bond donors (Lipinski definition) is 1. The van der Waals surface area contributed by atoms with E-state index in [4.69, 9.17) is 14.0 Å². The molecule has 8 nitrogen and oxygen atoms in total. The first-order valence-electron chi connectivity index (χ1n) is 9.38. The topological polar surface area (TPSA) is 108 Å². The minimum absolute atomic E-state index is 0.0656. The van der Waals surface area contributed by atoms with Gasteiger partial charge >= 0.3 is 5.97 Å². The molecule has 0 spiro atoms. The first-order chi connectivity index (χ1) is 15.4. The lowest BCUT2D eigenvalue weighted by Gasteiger charge is -2.10. The number of ether oxygens (including phenoxy) is 2.